The zero-order valence-corrected chi connectivity index (χ0v) is 20.8. The van der Waals surface area contributed by atoms with Crippen LogP contribution in [0, 0.1) is 5.82 Å². The Morgan fingerprint density at radius 2 is 1.97 bits per heavy atom. The summed E-state index contributed by atoms with van der Waals surface area (Å²) >= 11 is 0. The van der Waals surface area contributed by atoms with Crippen LogP contribution in [0.2, 0.25) is 0 Å². The molecule has 0 spiro atoms. The lowest BCUT2D eigenvalue weighted by atomic mass is 10.1. The van der Waals surface area contributed by atoms with Crippen LogP contribution in [0.4, 0.5) is 4.39 Å². The van der Waals surface area contributed by atoms with E-state index in [-0.39, 0.29) is 35.5 Å². The largest absolute Gasteiger partial charge is 0.417 e. The number of carbonyl (C=O) groups is 4. The van der Waals surface area contributed by atoms with Crippen LogP contribution >= 0.6 is 0 Å². The summed E-state index contributed by atoms with van der Waals surface area (Å²) in [6, 6.07) is 4.79. The summed E-state index contributed by atoms with van der Waals surface area (Å²) in [5, 5.41) is 11.7. The van der Waals surface area contributed by atoms with Crippen molar-refractivity contribution in [3.8, 4) is 0 Å². The number of aromatic nitrogens is 4. The number of benzene rings is 1. The lowest BCUT2D eigenvalue weighted by Gasteiger charge is -2.39. The molecule has 0 aliphatic carbocycles. The Labute approximate surface area is 218 Å². The summed E-state index contributed by atoms with van der Waals surface area (Å²) in [6.45, 7) is 3.70. The molecule has 3 aromatic heterocycles. The molecule has 14 nitrogen and oxygen atoms in total. The van der Waals surface area contributed by atoms with E-state index < -0.39 is 35.3 Å². The lowest BCUT2D eigenvalue weighted by molar-refractivity contribution is -0.136. The number of carbonyl (C=O) groups excluding carboxylic acids is 4. The van der Waals surface area contributed by atoms with Crippen molar-refractivity contribution < 1.29 is 28.0 Å². The van der Waals surface area contributed by atoms with E-state index in [1.165, 1.54) is 13.8 Å². The van der Waals surface area contributed by atoms with Crippen molar-refractivity contribution in [2.45, 2.75) is 32.5 Å². The minimum absolute atomic E-state index is 0.0392. The second-order valence-corrected chi connectivity index (χ2v) is 9.11. The van der Waals surface area contributed by atoms with Crippen molar-refractivity contribution in [1.82, 2.24) is 40.4 Å². The molecule has 0 saturated carbocycles. The molecule has 1 aliphatic rings. The van der Waals surface area contributed by atoms with Crippen LogP contribution in [-0.4, -0.2) is 73.3 Å². The maximum Gasteiger partial charge on any atom is 0.417 e. The highest BCUT2D eigenvalue weighted by Crippen LogP contribution is 2.14. The summed E-state index contributed by atoms with van der Waals surface area (Å²) in [6.07, 6.45) is 0.856. The van der Waals surface area contributed by atoms with Gasteiger partial charge in [-0.3, -0.25) is 24.2 Å². The van der Waals surface area contributed by atoms with Crippen LogP contribution in [0.25, 0.3) is 16.7 Å². The van der Waals surface area contributed by atoms with Crippen molar-refractivity contribution in [2.75, 3.05) is 13.1 Å². The lowest BCUT2D eigenvalue weighted by Crippen LogP contribution is -2.62. The summed E-state index contributed by atoms with van der Waals surface area (Å²) in [5.41, 5.74) is 0.653. The Morgan fingerprint density at radius 3 is 2.72 bits per heavy atom. The number of rotatable bonds is 7. The van der Waals surface area contributed by atoms with Gasteiger partial charge < -0.3 is 25.3 Å². The quantitative estimate of drug-likeness (QED) is 0.247. The second-order valence-electron chi connectivity index (χ2n) is 9.11. The van der Waals surface area contributed by atoms with E-state index in [1.54, 1.807) is 23.1 Å². The number of amides is 4. The fourth-order valence-electron chi connectivity index (χ4n) is 4.09. The van der Waals surface area contributed by atoms with E-state index in [2.05, 4.69) is 31.0 Å². The third kappa shape index (κ3) is 5.18. The molecule has 1 aliphatic heterocycles. The van der Waals surface area contributed by atoms with Gasteiger partial charge in [-0.2, -0.15) is 5.10 Å². The molecule has 1 atom stereocenters. The predicted octanol–water partition coefficient (Wildman–Crippen LogP) is -0.302. The number of halogens is 1. The molecule has 1 saturated heterocycles. The zero-order valence-electron chi connectivity index (χ0n) is 20.8. The van der Waals surface area contributed by atoms with Gasteiger partial charge in [0.15, 0.2) is 17.0 Å². The molecule has 0 bridgehead atoms. The minimum Gasteiger partial charge on any atom is -0.408 e. The Kier molecular flexibility index (Phi) is 6.55. The van der Waals surface area contributed by atoms with Gasteiger partial charge in [-0.1, -0.05) is 6.07 Å². The molecule has 0 radical (unpaired) electrons. The normalized spacial score (nSPS) is 14.2. The maximum atomic E-state index is 14.4. The first-order valence-corrected chi connectivity index (χ1v) is 11.9. The molecule has 4 amide bonds. The highest BCUT2D eigenvalue weighted by atomic mass is 19.1. The highest BCUT2D eigenvalue weighted by Gasteiger charge is 2.31. The SMILES string of the molecule is CC(=O)N1CC(NC(=O)[C@H](C)NC(=O)c2cc(C(=O)NCc3ccc4oc(=O)[nH]c4c3)nc3c(F)cnn23)C1. The number of oxazole rings is 1. The van der Waals surface area contributed by atoms with Crippen LogP contribution in [0.15, 0.2) is 39.7 Å². The highest BCUT2D eigenvalue weighted by molar-refractivity contribution is 6.00. The van der Waals surface area contributed by atoms with Gasteiger partial charge in [0, 0.05) is 32.6 Å². The number of hydrogen-bond donors (Lipinski definition) is 4. The Hall–Kier alpha value is -5.08. The van der Waals surface area contributed by atoms with E-state index in [1.807, 2.05) is 0 Å². The van der Waals surface area contributed by atoms with E-state index in [9.17, 15) is 28.4 Å². The standard InChI is InChI=1S/C24H23FN8O6/c1-11(21(35)29-14-9-32(10-14)12(2)34)28-23(37)18-6-17(30-20-15(25)8-27-33(18)20)22(36)26-7-13-3-4-19-16(5-13)31-24(38)39-19/h3-6,8,11,14H,7,9-10H2,1-2H3,(H,26,36)(H,28,37)(H,29,35)(H,31,38)/t11-/m0/s1. The van der Waals surface area contributed by atoms with Crippen LogP contribution in [-0.2, 0) is 16.1 Å². The molecule has 5 rings (SSSR count). The zero-order chi connectivity index (χ0) is 27.8. The maximum absolute atomic E-state index is 14.4. The first kappa shape index (κ1) is 25.6. The van der Waals surface area contributed by atoms with Gasteiger partial charge >= 0.3 is 5.76 Å². The number of fused-ring (bicyclic) bond motifs is 2. The molecule has 1 aromatic carbocycles. The Morgan fingerprint density at radius 1 is 1.21 bits per heavy atom. The molecule has 15 heteroatoms. The van der Waals surface area contributed by atoms with Gasteiger partial charge in [0.25, 0.3) is 11.8 Å². The molecule has 4 aromatic rings. The van der Waals surface area contributed by atoms with Gasteiger partial charge in [0.2, 0.25) is 11.8 Å². The molecule has 1 fully saturated rings. The molecule has 39 heavy (non-hydrogen) atoms. The average molecular weight is 538 g/mol. The molecule has 202 valence electrons. The van der Waals surface area contributed by atoms with Crippen LogP contribution in [0.3, 0.4) is 0 Å². The van der Waals surface area contributed by atoms with E-state index >= 15 is 0 Å². The third-order valence-corrected chi connectivity index (χ3v) is 6.24. The molecular weight excluding hydrogens is 515 g/mol. The summed E-state index contributed by atoms with van der Waals surface area (Å²) < 4.78 is 20.3. The van der Waals surface area contributed by atoms with Crippen molar-refractivity contribution in [1.29, 1.82) is 0 Å². The number of nitrogens with zero attached hydrogens (tertiary/aromatic N) is 4. The first-order chi connectivity index (χ1) is 18.6. The molecule has 4 N–H and O–H groups in total. The Bertz CT molecular complexity index is 1680. The number of likely N-dealkylation sites (tertiary alicyclic amines) is 1. The van der Waals surface area contributed by atoms with Gasteiger partial charge in [0.05, 0.1) is 17.8 Å². The van der Waals surface area contributed by atoms with E-state index in [4.69, 9.17) is 4.42 Å². The van der Waals surface area contributed by atoms with Gasteiger partial charge in [-0.25, -0.2) is 18.7 Å². The second kappa shape index (κ2) is 10.00. The monoisotopic (exact) mass is 538 g/mol. The number of aromatic amines is 1. The topological polar surface area (TPSA) is 184 Å². The summed E-state index contributed by atoms with van der Waals surface area (Å²) in [7, 11) is 0. The van der Waals surface area contributed by atoms with Gasteiger partial charge in [-0.05, 0) is 24.6 Å². The van der Waals surface area contributed by atoms with E-state index in [0.29, 0.717) is 29.8 Å². The van der Waals surface area contributed by atoms with Crippen LogP contribution < -0.4 is 21.7 Å². The summed E-state index contributed by atoms with van der Waals surface area (Å²) in [5.74, 6) is -3.49. The predicted molar refractivity (Wildman–Crippen MR) is 132 cm³/mol. The third-order valence-electron chi connectivity index (χ3n) is 6.24. The number of hydrogen-bond acceptors (Lipinski definition) is 8. The molecular formula is C24H23FN8O6. The minimum atomic E-state index is -0.978. The molecule has 0 unspecified atom stereocenters. The van der Waals surface area contributed by atoms with Crippen LogP contribution in [0.1, 0.15) is 40.4 Å². The van der Waals surface area contributed by atoms with Crippen molar-refractivity contribution in [3.05, 3.63) is 63.8 Å². The van der Waals surface area contributed by atoms with E-state index in [0.717, 1.165) is 16.8 Å². The fourth-order valence-corrected chi connectivity index (χ4v) is 4.09. The molecule has 4 heterocycles. The smallest absolute Gasteiger partial charge is 0.408 e. The average Bonchev–Trinajstić information content (AvgIpc) is 3.44. The van der Waals surface area contributed by atoms with Crippen molar-refractivity contribution in [3.63, 3.8) is 0 Å². The van der Waals surface area contributed by atoms with Gasteiger partial charge in [-0.15, -0.1) is 0 Å². The fraction of sp³-hybridized carbons (Fsp3) is 0.292. The Balaban J connectivity index is 1.29. The first-order valence-electron chi connectivity index (χ1n) is 11.9. The van der Waals surface area contributed by atoms with Crippen molar-refractivity contribution >= 4 is 40.4 Å². The van der Waals surface area contributed by atoms with Gasteiger partial charge in [0.1, 0.15) is 17.4 Å². The number of H-pyrrole nitrogens is 1. The van der Waals surface area contributed by atoms with Crippen LogP contribution in [0.5, 0.6) is 0 Å². The van der Waals surface area contributed by atoms with Crippen molar-refractivity contribution in [2.24, 2.45) is 0 Å². The summed E-state index contributed by atoms with van der Waals surface area (Å²) in [4.78, 5) is 69.2. The number of nitrogens with one attached hydrogen (secondary N) is 4.